The van der Waals surface area contributed by atoms with Crippen molar-refractivity contribution in [1.82, 2.24) is 14.5 Å². The Balaban J connectivity index is 1.73. The second kappa shape index (κ2) is 7.87. The summed E-state index contributed by atoms with van der Waals surface area (Å²) in [5.74, 6) is 0.514. The molecule has 32 heavy (non-hydrogen) atoms. The van der Waals surface area contributed by atoms with Gasteiger partial charge < -0.3 is 4.98 Å². The number of thioether (sulfide) groups is 1. The maximum Gasteiger partial charge on any atom is 0.416 e. The first-order valence-corrected chi connectivity index (χ1v) is 10.8. The predicted octanol–water partition coefficient (Wildman–Crippen LogP) is 6.18. The summed E-state index contributed by atoms with van der Waals surface area (Å²) < 4.78 is 41.2. The number of rotatable bonds is 4. The summed E-state index contributed by atoms with van der Waals surface area (Å²) in [5.41, 5.74) is 1.37. The molecule has 0 spiro atoms. The standard InChI is InChI=1S/C24H16F3N3OS/c25-24(26,27)16-9-6-10-17(13-16)30-22(31)21-20(18-11-4-5-12-19(18)28-21)29-23(30)32-14-15-7-2-1-3-8-15/h1-13,28H,14H2. The molecule has 1 N–H and O–H groups in total. The van der Waals surface area contributed by atoms with Crippen LogP contribution in [0.1, 0.15) is 11.1 Å². The molecule has 3 aromatic carbocycles. The summed E-state index contributed by atoms with van der Waals surface area (Å²) in [6.45, 7) is 0. The minimum atomic E-state index is -4.52. The van der Waals surface area contributed by atoms with E-state index in [1.54, 1.807) is 0 Å². The van der Waals surface area contributed by atoms with Gasteiger partial charge >= 0.3 is 6.18 Å². The van der Waals surface area contributed by atoms with Crippen LogP contribution in [0.25, 0.3) is 27.6 Å². The highest BCUT2D eigenvalue weighted by Gasteiger charge is 2.31. The normalized spacial score (nSPS) is 12.0. The molecule has 0 amide bonds. The second-order valence-electron chi connectivity index (χ2n) is 7.25. The van der Waals surface area contributed by atoms with Gasteiger partial charge in [-0.3, -0.25) is 9.36 Å². The van der Waals surface area contributed by atoms with Crippen LogP contribution in [0.3, 0.4) is 0 Å². The summed E-state index contributed by atoms with van der Waals surface area (Å²) in [6.07, 6.45) is -4.52. The number of aromatic amines is 1. The Hall–Kier alpha value is -3.52. The molecule has 8 heteroatoms. The minimum Gasteiger partial charge on any atom is -0.349 e. The Morgan fingerprint density at radius 3 is 2.47 bits per heavy atom. The van der Waals surface area contributed by atoms with Gasteiger partial charge in [-0.25, -0.2) is 4.98 Å². The van der Waals surface area contributed by atoms with Crippen LogP contribution >= 0.6 is 11.8 Å². The quantitative estimate of drug-likeness (QED) is 0.262. The molecule has 2 aromatic heterocycles. The average molecular weight is 451 g/mol. The van der Waals surface area contributed by atoms with Gasteiger partial charge in [-0.05, 0) is 29.8 Å². The summed E-state index contributed by atoms with van der Waals surface area (Å²) in [7, 11) is 0. The predicted molar refractivity (Wildman–Crippen MR) is 120 cm³/mol. The monoisotopic (exact) mass is 451 g/mol. The molecule has 0 fully saturated rings. The molecule has 0 bridgehead atoms. The highest BCUT2D eigenvalue weighted by molar-refractivity contribution is 7.98. The third-order valence-electron chi connectivity index (χ3n) is 5.14. The summed E-state index contributed by atoms with van der Waals surface area (Å²) in [4.78, 5) is 21.3. The lowest BCUT2D eigenvalue weighted by Gasteiger charge is -2.14. The number of halogens is 3. The molecule has 0 aliphatic rings. The highest BCUT2D eigenvalue weighted by atomic mass is 32.2. The lowest BCUT2D eigenvalue weighted by Crippen LogP contribution is -2.22. The SMILES string of the molecule is O=c1c2[nH]c3ccccc3c2nc(SCc2ccccc2)n1-c1cccc(C(F)(F)F)c1. The minimum absolute atomic E-state index is 0.119. The van der Waals surface area contributed by atoms with Gasteiger partial charge in [0.1, 0.15) is 11.0 Å². The second-order valence-corrected chi connectivity index (χ2v) is 8.19. The van der Waals surface area contributed by atoms with Crippen molar-refractivity contribution < 1.29 is 13.2 Å². The van der Waals surface area contributed by atoms with Crippen LogP contribution in [0.5, 0.6) is 0 Å². The van der Waals surface area contributed by atoms with Crippen molar-refractivity contribution in [2.45, 2.75) is 17.1 Å². The Labute approximate surface area is 184 Å². The van der Waals surface area contributed by atoms with Gasteiger partial charge in [-0.1, -0.05) is 66.4 Å². The van der Waals surface area contributed by atoms with Crippen LogP contribution in [0.2, 0.25) is 0 Å². The lowest BCUT2D eigenvalue weighted by atomic mass is 10.2. The van der Waals surface area contributed by atoms with Gasteiger partial charge in [0, 0.05) is 16.7 Å². The van der Waals surface area contributed by atoms with E-state index in [0.29, 0.717) is 16.4 Å². The molecule has 0 unspecified atom stereocenters. The van der Waals surface area contributed by atoms with Crippen molar-refractivity contribution >= 4 is 33.7 Å². The molecule has 5 rings (SSSR count). The van der Waals surface area contributed by atoms with Gasteiger partial charge in [0.05, 0.1) is 11.3 Å². The zero-order valence-corrected chi connectivity index (χ0v) is 17.4. The van der Waals surface area contributed by atoms with E-state index >= 15 is 0 Å². The van der Waals surface area contributed by atoms with Crippen molar-refractivity contribution in [1.29, 1.82) is 0 Å². The first-order valence-electron chi connectivity index (χ1n) is 9.79. The number of fused-ring (bicyclic) bond motifs is 3. The largest absolute Gasteiger partial charge is 0.416 e. The van der Waals surface area contributed by atoms with Gasteiger partial charge in [0.15, 0.2) is 5.16 Å². The molecular formula is C24H16F3N3OS. The number of aromatic nitrogens is 3. The molecule has 0 saturated carbocycles. The molecule has 0 aliphatic carbocycles. The molecule has 4 nitrogen and oxygen atoms in total. The number of para-hydroxylation sites is 1. The van der Waals surface area contributed by atoms with Crippen molar-refractivity contribution in [2.24, 2.45) is 0 Å². The van der Waals surface area contributed by atoms with Crippen LogP contribution in [-0.2, 0) is 11.9 Å². The molecule has 0 radical (unpaired) electrons. The lowest BCUT2D eigenvalue weighted by molar-refractivity contribution is -0.137. The van der Waals surface area contributed by atoms with E-state index in [1.807, 2.05) is 54.6 Å². The summed E-state index contributed by atoms with van der Waals surface area (Å²) in [5, 5.41) is 1.12. The fraction of sp³-hybridized carbons (Fsp3) is 0.0833. The maximum atomic E-state index is 13.5. The van der Waals surface area contributed by atoms with Gasteiger partial charge in [-0.2, -0.15) is 13.2 Å². The summed E-state index contributed by atoms with van der Waals surface area (Å²) >= 11 is 1.31. The Morgan fingerprint density at radius 2 is 1.69 bits per heavy atom. The molecule has 0 atom stereocenters. The Morgan fingerprint density at radius 1 is 0.938 bits per heavy atom. The third kappa shape index (κ3) is 3.67. The first kappa shape index (κ1) is 20.4. The van der Waals surface area contributed by atoms with E-state index in [1.165, 1.54) is 28.5 Å². The van der Waals surface area contributed by atoms with E-state index in [-0.39, 0.29) is 11.2 Å². The molecular weight excluding hydrogens is 435 g/mol. The number of H-pyrrole nitrogens is 1. The molecule has 2 heterocycles. The first-order chi connectivity index (χ1) is 15.4. The van der Waals surface area contributed by atoms with Crippen molar-refractivity contribution in [3.05, 3.63) is 100 Å². The molecule has 160 valence electrons. The van der Waals surface area contributed by atoms with Gasteiger partial charge in [0.2, 0.25) is 0 Å². The van der Waals surface area contributed by atoms with Crippen molar-refractivity contribution in [3.8, 4) is 5.69 Å². The van der Waals surface area contributed by atoms with E-state index in [2.05, 4.69) is 4.98 Å². The fourth-order valence-electron chi connectivity index (χ4n) is 3.61. The fourth-order valence-corrected chi connectivity index (χ4v) is 4.57. The van der Waals surface area contributed by atoms with Crippen LogP contribution in [-0.4, -0.2) is 14.5 Å². The number of benzene rings is 3. The van der Waals surface area contributed by atoms with Crippen molar-refractivity contribution in [3.63, 3.8) is 0 Å². The number of alkyl halides is 3. The van der Waals surface area contributed by atoms with Gasteiger partial charge in [0.25, 0.3) is 5.56 Å². The summed E-state index contributed by atoms with van der Waals surface area (Å²) in [6, 6.07) is 21.8. The topological polar surface area (TPSA) is 50.7 Å². The third-order valence-corrected chi connectivity index (χ3v) is 6.15. The van der Waals surface area contributed by atoms with Crippen LogP contribution in [0, 0.1) is 0 Å². The zero-order chi connectivity index (χ0) is 22.3. The van der Waals surface area contributed by atoms with Gasteiger partial charge in [-0.15, -0.1) is 0 Å². The Bertz CT molecular complexity index is 1490. The van der Waals surface area contributed by atoms with Crippen LogP contribution in [0.15, 0.2) is 88.8 Å². The van der Waals surface area contributed by atoms with E-state index in [9.17, 15) is 18.0 Å². The van der Waals surface area contributed by atoms with E-state index in [0.717, 1.165) is 28.6 Å². The number of hydrogen-bond donors (Lipinski definition) is 1. The number of nitrogens with zero attached hydrogens (tertiary/aromatic N) is 2. The number of nitrogens with one attached hydrogen (secondary N) is 1. The van der Waals surface area contributed by atoms with Crippen molar-refractivity contribution in [2.75, 3.05) is 0 Å². The van der Waals surface area contributed by atoms with Crippen LogP contribution in [0.4, 0.5) is 13.2 Å². The Kier molecular flexibility index (Phi) is 5.01. The smallest absolute Gasteiger partial charge is 0.349 e. The molecule has 5 aromatic rings. The molecule has 0 aliphatic heterocycles. The maximum absolute atomic E-state index is 13.5. The highest BCUT2D eigenvalue weighted by Crippen LogP contribution is 2.32. The average Bonchev–Trinajstić information content (AvgIpc) is 3.17. The molecule has 0 saturated heterocycles. The number of hydrogen-bond acceptors (Lipinski definition) is 3. The van der Waals surface area contributed by atoms with E-state index < -0.39 is 17.3 Å². The van der Waals surface area contributed by atoms with E-state index in [4.69, 9.17) is 4.98 Å². The van der Waals surface area contributed by atoms with Crippen LogP contribution < -0.4 is 5.56 Å². The zero-order valence-electron chi connectivity index (χ0n) is 16.6.